The molecule has 1 aromatic heterocycles. The third kappa shape index (κ3) is 1.82. The molecular weight excluding hydrogens is 238 g/mol. The summed E-state index contributed by atoms with van der Waals surface area (Å²) >= 11 is 3.16. The zero-order valence-electron chi connectivity index (χ0n) is 7.37. The van der Waals surface area contributed by atoms with Gasteiger partial charge in [0.25, 0.3) is 0 Å². The molecule has 1 rings (SSSR count). The Morgan fingerprint density at radius 1 is 1.77 bits per heavy atom. The summed E-state index contributed by atoms with van der Waals surface area (Å²) in [6.45, 7) is 2.06. The van der Waals surface area contributed by atoms with E-state index < -0.39 is 5.97 Å². The van der Waals surface area contributed by atoms with Gasteiger partial charge in [-0.2, -0.15) is 5.10 Å². The van der Waals surface area contributed by atoms with Crippen molar-refractivity contribution >= 4 is 27.7 Å². The summed E-state index contributed by atoms with van der Waals surface area (Å²) in [4.78, 5) is 11.2. The van der Waals surface area contributed by atoms with Crippen LogP contribution in [0.4, 0.5) is 5.82 Å². The van der Waals surface area contributed by atoms with Gasteiger partial charge in [0.1, 0.15) is 5.82 Å². The van der Waals surface area contributed by atoms with Crippen molar-refractivity contribution in [3.05, 3.63) is 10.2 Å². The first-order valence-corrected chi connectivity index (χ1v) is 4.52. The molecule has 0 amide bonds. The molecular formula is C7H10BrN3O2. The largest absolute Gasteiger partial charge is 0.461 e. The number of anilines is 1. The molecule has 5 nitrogen and oxygen atoms in total. The van der Waals surface area contributed by atoms with E-state index in [1.54, 1.807) is 14.0 Å². The van der Waals surface area contributed by atoms with Crippen LogP contribution in [0.5, 0.6) is 0 Å². The molecule has 0 aromatic carbocycles. The van der Waals surface area contributed by atoms with Gasteiger partial charge in [0.15, 0.2) is 5.69 Å². The second kappa shape index (κ2) is 3.78. The summed E-state index contributed by atoms with van der Waals surface area (Å²) in [5.41, 5.74) is 5.79. The number of hydrogen-bond donors (Lipinski definition) is 1. The molecule has 6 heteroatoms. The highest BCUT2D eigenvalue weighted by atomic mass is 79.9. The summed E-state index contributed by atoms with van der Waals surface area (Å²) in [7, 11) is 1.66. The molecule has 0 fully saturated rings. The number of hydrogen-bond acceptors (Lipinski definition) is 4. The Morgan fingerprint density at radius 3 is 2.77 bits per heavy atom. The topological polar surface area (TPSA) is 70.1 Å². The van der Waals surface area contributed by atoms with Crippen LogP contribution < -0.4 is 5.73 Å². The number of rotatable bonds is 2. The first-order valence-electron chi connectivity index (χ1n) is 3.73. The predicted molar refractivity (Wildman–Crippen MR) is 51.3 cm³/mol. The Bertz CT molecular complexity index is 335. The lowest BCUT2D eigenvalue weighted by atomic mass is 10.4. The lowest BCUT2D eigenvalue weighted by Gasteiger charge is -1.96. The van der Waals surface area contributed by atoms with E-state index in [0.717, 1.165) is 0 Å². The van der Waals surface area contributed by atoms with Gasteiger partial charge in [0.2, 0.25) is 0 Å². The first-order chi connectivity index (χ1) is 6.07. The van der Waals surface area contributed by atoms with Crippen LogP contribution in [0.3, 0.4) is 0 Å². The minimum Gasteiger partial charge on any atom is -0.461 e. The molecule has 0 unspecified atom stereocenters. The lowest BCUT2D eigenvalue weighted by molar-refractivity contribution is 0.0517. The van der Waals surface area contributed by atoms with E-state index in [0.29, 0.717) is 16.9 Å². The van der Waals surface area contributed by atoms with Gasteiger partial charge in [-0.25, -0.2) is 4.79 Å². The Balaban J connectivity index is 3.01. The van der Waals surface area contributed by atoms with E-state index in [4.69, 9.17) is 10.5 Å². The second-order valence-corrected chi connectivity index (χ2v) is 3.18. The van der Waals surface area contributed by atoms with E-state index in [9.17, 15) is 4.79 Å². The predicted octanol–water partition coefficient (Wildman–Crippen LogP) is 0.942. The molecule has 0 bridgehead atoms. The van der Waals surface area contributed by atoms with Gasteiger partial charge in [-0.05, 0) is 22.9 Å². The van der Waals surface area contributed by atoms with E-state index in [2.05, 4.69) is 21.0 Å². The van der Waals surface area contributed by atoms with Crippen molar-refractivity contribution in [3.63, 3.8) is 0 Å². The summed E-state index contributed by atoms with van der Waals surface area (Å²) in [6, 6.07) is 0. The monoisotopic (exact) mass is 247 g/mol. The smallest absolute Gasteiger partial charge is 0.360 e. The number of esters is 1. The third-order valence-electron chi connectivity index (χ3n) is 1.50. The number of carbonyl (C=O) groups is 1. The van der Waals surface area contributed by atoms with Gasteiger partial charge in [-0.1, -0.05) is 0 Å². The maximum atomic E-state index is 11.2. The molecule has 0 spiro atoms. The highest BCUT2D eigenvalue weighted by Gasteiger charge is 2.18. The molecule has 0 aliphatic heterocycles. The molecule has 0 saturated carbocycles. The Labute approximate surface area is 84.0 Å². The Morgan fingerprint density at radius 2 is 2.38 bits per heavy atom. The van der Waals surface area contributed by atoms with Crippen molar-refractivity contribution in [2.45, 2.75) is 6.92 Å². The number of nitrogens with zero attached hydrogens (tertiary/aromatic N) is 2. The van der Waals surface area contributed by atoms with Crippen LogP contribution in [0.2, 0.25) is 0 Å². The highest BCUT2D eigenvalue weighted by molar-refractivity contribution is 9.10. The second-order valence-electron chi connectivity index (χ2n) is 2.39. The maximum Gasteiger partial charge on any atom is 0.360 e. The number of carbonyl (C=O) groups excluding carboxylic acids is 1. The molecule has 1 heterocycles. The molecule has 0 aliphatic rings. The quantitative estimate of drug-likeness (QED) is 0.790. The van der Waals surface area contributed by atoms with Crippen LogP contribution in [-0.4, -0.2) is 22.4 Å². The minimum absolute atomic E-state index is 0.210. The SMILES string of the molecule is CCOC(=O)c1nn(C)c(N)c1Br. The Hall–Kier alpha value is -1.04. The van der Waals surface area contributed by atoms with Gasteiger partial charge in [0.05, 0.1) is 11.1 Å². The third-order valence-corrected chi connectivity index (χ3v) is 2.28. The van der Waals surface area contributed by atoms with Gasteiger partial charge < -0.3 is 10.5 Å². The van der Waals surface area contributed by atoms with Crippen molar-refractivity contribution < 1.29 is 9.53 Å². The number of halogens is 1. The first kappa shape index (κ1) is 10.0. The number of nitrogens with two attached hydrogens (primary N) is 1. The van der Waals surface area contributed by atoms with Crippen LogP contribution in [0.15, 0.2) is 4.47 Å². The molecule has 1 aromatic rings. The molecule has 0 atom stereocenters. The maximum absolute atomic E-state index is 11.2. The highest BCUT2D eigenvalue weighted by Crippen LogP contribution is 2.23. The molecule has 0 aliphatic carbocycles. The van der Waals surface area contributed by atoms with Crippen LogP contribution in [-0.2, 0) is 11.8 Å². The fourth-order valence-corrected chi connectivity index (χ4v) is 1.34. The summed E-state index contributed by atoms with van der Waals surface area (Å²) in [5, 5.41) is 3.90. The number of aryl methyl sites for hydroxylation is 1. The van der Waals surface area contributed by atoms with Crippen molar-refractivity contribution in [1.29, 1.82) is 0 Å². The van der Waals surface area contributed by atoms with Crippen molar-refractivity contribution in [3.8, 4) is 0 Å². The average molecular weight is 248 g/mol. The number of nitrogen functional groups attached to an aromatic ring is 1. The standard InChI is InChI=1S/C7H10BrN3O2/c1-3-13-7(12)5-4(8)6(9)11(2)10-5/h3,9H2,1-2H3. The van der Waals surface area contributed by atoms with Gasteiger partial charge in [0, 0.05) is 7.05 Å². The lowest BCUT2D eigenvalue weighted by Crippen LogP contribution is -2.06. The van der Waals surface area contributed by atoms with Crippen molar-refractivity contribution in [1.82, 2.24) is 9.78 Å². The zero-order valence-corrected chi connectivity index (χ0v) is 8.96. The zero-order chi connectivity index (χ0) is 10.0. The molecule has 0 saturated heterocycles. The van der Waals surface area contributed by atoms with Crippen LogP contribution in [0, 0.1) is 0 Å². The van der Waals surface area contributed by atoms with Crippen molar-refractivity contribution in [2.75, 3.05) is 12.3 Å². The molecule has 72 valence electrons. The molecule has 2 N–H and O–H groups in total. The fourth-order valence-electron chi connectivity index (χ4n) is 0.841. The molecule has 13 heavy (non-hydrogen) atoms. The summed E-state index contributed by atoms with van der Waals surface area (Å²) in [6.07, 6.45) is 0. The Kier molecular flexibility index (Phi) is 2.92. The van der Waals surface area contributed by atoms with Gasteiger partial charge in [-0.3, -0.25) is 4.68 Å². The fraction of sp³-hybridized carbons (Fsp3) is 0.429. The molecule has 0 radical (unpaired) electrons. The van der Waals surface area contributed by atoms with E-state index in [1.165, 1.54) is 4.68 Å². The van der Waals surface area contributed by atoms with Crippen molar-refractivity contribution in [2.24, 2.45) is 7.05 Å². The average Bonchev–Trinajstić information content (AvgIpc) is 2.33. The number of aromatic nitrogens is 2. The number of ether oxygens (including phenoxy) is 1. The van der Waals surface area contributed by atoms with Gasteiger partial charge >= 0.3 is 5.97 Å². The van der Waals surface area contributed by atoms with E-state index in [1.807, 2.05) is 0 Å². The minimum atomic E-state index is -0.471. The van der Waals surface area contributed by atoms with Crippen LogP contribution >= 0.6 is 15.9 Å². The van der Waals surface area contributed by atoms with E-state index in [-0.39, 0.29) is 5.69 Å². The normalized spacial score (nSPS) is 10.1. The summed E-state index contributed by atoms with van der Waals surface area (Å²) in [5.74, 6) is -0.0651. The van der Waals surface area contributed by atoms with Crippen LogP contribution in [0.25, 0.3) is 0 Å². The van der Waals surface area contributed by atoms with Gasteiger partial charge in [-0.15, -0.1) is 0 Å². The van der Waals surface area contributed by atoms with Crippen LogP contribution in [0.1, 0.15) is 17.4 Å². The summed E-state index contributed by atoms with van der Waals surface area (Å²) < 4.78 is 6.67. The van der Waals surface area contributed by atoms with E-state index >= 15 is 0 Å².